The standard InChI is InChI=1S/2C6H3ClF2N2O2/c2*7-4-5(9)2(8)1-3(6(4)10)11(12)13/h2*1H,10H2. The molecular formula is C12H6Cl2F4N4O4. The molecule has 2 aromatic carbocycles. The van der Waals surface area contributed by atoms with Crippen LogP contribution in [0.25, 0.3) is 0 Å². The Hall–Kier alpha value is -2.86. The van der Waals surface area contributed by atoms with Crippen LogP contribution in [0.5, 0.6) is 0 Å². The minimum atomic E-state index is -1.40. The quantitative estimate of drug-likeness (QED) is 0.247. The van der Waals surface area contributed by atoms with Crippen molar-refractivity contribution in [3.05, 3.63) is 65.7 Å². The van der Waals surface area contributed by atoms with Crippen LogP contribution < -0.4 is 11.5 Å². The van der Waals surface area contributed by atoms with Gasteiger partial charge in [0.1, 0.15) is 21.4 Å². The monoisotopic (exact) mass is 416 g/mol. The highest BCUT2D eigenvalue weighted by atomic mass is 35.5. The Bertz CT molecular complexity index is 840. The van der Waals surface area contributed by atoms with Gasteiger partial charge in [0, 0.05) is 0 Å². The lowest BCUT2D eigenvalue weighted by atomic mass is 10.2. The molecule has 14 heteroatoms. The summed E-state index contributed by atoms with van der Waals surface area (Å²) in [7, 11) is 0. The van der Waals surface area contributed by atoms with E-state index in [0.29, 0.717) is 12.1 Å². The van der Waals surface area contributed by atoms with Crippen LogP contribution in [0.4, 0.5) is 40.3 Å². The average Bonchev–Trinajstić information content (AvgIpc) is 2.57. The van der Waals surface area contributed by atoms with Crippen molar-refractivity contribution in [1.82, 2.24) is 0 Å². The molecular weight excluding hydrogens is 411 g/mol. The maximum absolute atomic E-state index is 12.6. The molecule has 0 aliphatic rings. The Balaban J connectivity index is 0.000000260. The third-order valence-corrected chi connectivity index (χ3v) is 3.49. The predicted molar refractivity (Wildman–Crippen MR) is 84.9 cm³/mol. The molecule has 140 valence electrons. The summed E-state index contributed by atoms with van der Waals surface area (Å²) in [6, 6.07) is 0.771. The molecule has 26 heavy (non-hydrogen) atoms. The van der Waals surface area contributed by atoms with Gasteiger partial charge in [-0.25, -0.2) is 17.6 Å². The molecule has 0 amide bonds. The number of nitrogen functional groups attached to an aromatic ring is 2. The highest BCUT2D eigenvalue weighted by molar-refractivity contribution is 6.34. The Labute approximate surface area is 151 Å². The van der Waals surface area contributed by atoms with Gasteiger partial charge in [-0.2, -0.15) is 0 Å². The van der Waals surface area contributed by atoms with Gasteiger partial charge >= 0.3 is 0 Å². The van der Waals surface area contributed by atoms with Crippen molar-refractivity contribution in [3.63, 3.8) is 0 Å². The molecule has 0 unspecified atom stereocenters. The average molecular weight is 417 g/mol. The minimum Gasteiger partial charge on any atom is -0.392 e. The molecule has 2 rings (SSSR count). The van der Waals surface area contributed by atoms with Crippen LogP contribution in [-0.4, -0.2) is 9.85 Å². The SMILES string of the molecule is Nc1c([N+](=O)[O-])cc(F)c(F)c1Cl.Nc1c([N+](=O)[O-])cc(F)c(F)c1Cl. The number of halogens is 6. The number of nitro benzene ring substituents is 2. The molecule has 0 aliphatic heterocycles. The van der Waals surface area contributed by atoms with Gasteiger partial charge in [0.15, 0.2) is 23.3 Å². The van der Waals surface area contributed by atoms with E-state index in [1.807, 2.05) is 0 Å². The summed E-state index contributed by atoms with van der Waals surface area (Å²) in [6.45, 7) is 0. The lowest BCUT2D eigenvalue weighted by Crippen LogP contribution is -2.00. The van der Waals surface area contributed by atoms with Crippen molar-refractivity contribution in [3.8, 4) is 0 Å². The highest BCUT2D eigenvalue weighted by Crippen LogP contribution is 2.33. The minimum absolute atomic E-state index is 0.385. The number of nitrogens with zero attached hydrogens (tertiary/aromatic N) is 2. The summed E-state index contributed by atoms with van der Waals surface area (Å²) in [4.78, 5) is 18.5. The van der Waals surface area contributed by atoms with Crippen LogP contribution in [0.15, 0.2) is 12.1 Å². The molecule has 0 aromatic heterocycles. The van der Waals surface area contributed by atoms with Gasteiger partial charge in [-0.05, 0) is 0 Å². The number of benzene rings is 2. The Morgan fingerprint density at radius 3 is 1.27 bits per heavy atom. The van der Waals surface area contributed by atoms with Crippen LogP contribution in [0, 0.1) is 43.5 Å². The molecule has 0 atom stereocenters. The summed E-state index contributed by atoms with van der Waals surface area (Å²) in [5.41, 5.74) is 7.50. The normalized spacial score (nSPS) is 10.1. The summed E-state index contributed by atoms with van der Waals surface area (Å²) < 4.78 is 50.4. The summed E-state index contributed by atoms with van der Waals surface area (Å²) in [5.74, 6) is -5.56. The zero-order chi connectivity index (χ0) is 20.3. The Morgan fingerprint density at radius 2 is 1.04 bits per heavy atom. The fourth-order valence-corrected chi connectivity index (χ4v) is 1.87. The maximum Gasteiger partial charge on any atom is 0.296 e. The molecule has 0 aliphatic carbocycles. The molecule has 0 saturated carbocycles. The molecule has 0 radical (unpaired) electrons. The van der Waals surface area contributed by atoms with Crippen LogP contribution in [0.3, 0.4) is 0 Å². The molecule has 0 saturated heterocycles. The third kappa shape index (κ3) is 4.21. The summed E-state index contributed by atoms with van der Waals surface area (Å²) in [6.07, 6.45) is 0. The molecule has 8 nitrogen and oxygen atoms in total. The number of hydrogen-bond acceptors (Lipinski definition) is 6. The first-order valence-electron chi connectivity index (χ1n) is 6.04. The van der Waals surface area contributed by atoms with Crippen molar-refractivity contribution in [2.75, 3.05) is 11.5 Å². The van der Waals surface area contributed by atoms with Crippen molar-refractivity contribution >= 4 is 46.0 Å². The van der Waals surface area contributed by atoms with Gasteiger partial charge in [0.25, 0.3) is 11.4 Å². The lowest BCUT2D eigenvalue weighted by molar-refractivity contribution is -0.384. The number of anilines is 2. The number of rotatable bonds is 2. The highest BCUT2D eigenvalue weighted by Gasteiger charge is 2.22. The van der Waals surface area contributed by atoms with Crippen molar-refractivity contribution in [1.29, 1.82) is 0 Å². The van der Waals surface area contributed by atoms with E-state index in [1.54, 1.807) is 0 Å². The fraction of sp³-hybridized carbons (Fsp3) is 0. The number of nitrogens with two attached hydrogens (primary N) is 2. The smallest absolute Gasteiger partial charge is 0.296 e. The van der Waals surface area contributed by atoms with Crippen LogP contribution in [0.1, 0.15) is 0 Å². The van der Waals surface area contributed by atoms with Crippen LogP contribution in [-0.2, 0) is 0 Å². The van der Waals surface area contributed by atoms with Gasteiger partial charge in [-0.3, -0.25) is 20.2 Å². The van der Waals surface area contributed by atoms with E-state index in [2.05, 4.69) is 0 Å². The van der Waals surface area contributed by atoms with Crippen molar-refractivity contribution < 1.29 is 27.4 Å². The lowest BCUT2D eigenvalue weighted by Gasteiger charge is -2.01. The van der Waals surface area contributed by atoms with Crippen molar-refractivity contribution in [2.45, 2.75) is 0 Å². The second kappa shape index (κ2) is 8.01. The molecule has 0 spiro atoms. The number of nitro groups is 2. The van der Waals surface area contributed by atoms with E-state index in [1.165, 1.54) is 0 Å². The van der Waals surface area contributed by atoms with Crippen molar-refractivity contribution in [2.24, 2.45) is 0 Å². The first-order valence-corrected chi connectivity index (χ1v) is 6.80. The topological polar surface area (TPSA) is 138 Å². The molecule has 0 heterocycles. The zero-order valence-corrected chi connectivity index (χ0v) is 13.6. The third-order valence-electron chi connectivity index (χ3n) is 2.75. The van der Waals surface area contributed by atoms with Crippen LogP contribution >= 0.6 is 23.2 Å². The van der Waals surface area contributed by atoms with Gasteiger partial charge in [-0.1, -0.05) is 23.2 Å². The van der Waals surface area contributed by atoms with E-state index in [-0.39, 0.29) is 0 Å². The largest absolute Gasteiger partial charge is 0.392 e. The zero-order valence-electron chi connectivity index (χ0n) is 12.1. The maximum atomic E-state index is 12.6. The van der Waals surface area contributed by atoms with Gasteiger partial charge in [-0.15, -0.1) is 0 Å². The van der Waals surface area contributed by atoms with Gasteiger partial charge < -0.3 is 11.5 Å². The molecule has 4 N–H and O–H groups in total. The van der Waals surface area contributed by atoms with E-state index in [0.717, 1.165) is 0 Å². The Kier molecular flexibility index (Phi) is 6.53. The summed E-state index contributed by atoms with van der Waals surface area (Å²) in [5, 5.41) is 18.9. The number of hydrogen-bond donors (Lipinski definition) is 2. The first-order chi connectivity index (χ1) is 11.9. The van der Waals surface area contributed by atoms with E-state index >= 15 is 0 Å². The second-order valence-corrected chi connectivity index (χ2v) is 5.11. The van der Waals surface area contributed by atoms with E-state index in [9.17, 15) is 37.8 Å². The summed E-state index contributed by atoms with van der Waals surface area (Å²) >= 11 is 10.4. The first kappa shape index (κ1) is 21.2. The Morgan fingerprint density at radius 1 is 0.769 bits per heavy atom. The van der Waals surface area contributed by atoms with E-state index in [4.69, 9.17) is 34.7 Å². The molecule has 0 bridgehead atoms. The van der Waals surface area contributed by atoms with Gasteiger partial charge in [0.05, 0.1) is 22.0 Å². The van der Waals surface area contributed by atoms with Crippen LogP contribution in [0.2, 0.25) is 10.0 Å². The van der Waals surface area contributed by atoms with Gasteiger partial charge in [0.2, 0.25) is 0 Å². The fourth-order valence-electron chi connectivity index (χ4n) is 1.50. The predicted octanol–water partition coefficient (Wildman–Crippen LogP) is 4.22. The molecule has 0 fully saturated rings. The molecule has 2 aromatic rings. The second-order valence-electron chi connectivity index (χ2n) is 4.35. The van der Waals surface area contributed by atoms with E-state index < -0.39 is 65.9 Å².